The van der Waals surface area contributed by atoms with E-state index in [-0.39, 0.29) is 24.9 Å². The van der Waals surface area contributed by atoms with Crippen molar-refractivity contribution in [2.24, 2.45) is 0 Å². The number of amides is 1. The maximum Gasteiger partial charge on any atom is 0.340 e. The molecule has 1 aliphatic heterocycles. The van der Waals surface area contributed by atoms with E-state index in [2.05, 4.69) is 10.3 Å². The Morgan fingerprint density at radius 1 is 1.13 bits per heavy atom. The molecule has 0 spiro atoms. The fourth-order valence-electron chi connectivity index (χ4n) is 3.47. The Labute approximate surface area is 173 Å². The van der Waals surface area contributed by atoms with E-state index in [0.717, 1.165) is 5.56 Å². The highest BCUT2D eigenvalue weighted by Crippen LogP contribution is 2.35. The van der Waals surface area contributed by atoms with Gasteiger partial charge in [0.2, 0.25) is 0 Å². The van der Waals surface area contributed by atoms with Crippen molar-refractivity contribution in [2.75, 3.05) is 11.9 Å². The molecule has 1 unspecified atom stereocenters. The summed E-state index contributed by atoms with van der Waals surface area (Å²) in [6.07, 6.45) is 1.04. The summed E-state index contributed by atoms with van der Waals surface area (Å²) < 4.78 is 18.4. The van der Waals surface area contributed by atoms with Gasteiger partial charge in [-0.2, -0.15) is 0 Å². The fraction of sp³-hybridized carbons (Fsp3) is 0.174. The summed E-state index contributed by atoms with van der Waals surface area (Å²) in [6, 6.07) is 16.4. The predicted molar refractivity (Wildman–Crippen MR) is 109 cm³/mol. The molecule has 152 valence electrons. The molecule has 30 heavy (non-hydrogen) atoms. The van der Waals surface area contributed by atoms with Gasteiger partial charge in [-0.15, -0.1) is 0 Å². The van der Waals surface area contributed by atoms with Crippen LogP contribution in [0.25, 0.3) is 0 Å². The third-order valence-corrected chi connectivity index (χ3v) is 4.88. The number of halogens is 1. The highest BCUT2D eigenvalue weighted by atomic mass is 19.1. The molecule has 1 aromatic heterocycles. The van der Waals surface area contributed by atoms with E-state index < -0.39 is 12.1 Å². The number of benzene rings is 2. The maximum absolute atomic E-state index is 13.3. The lowest BCUT2D eigenvalue weighted by atomic mass is 10.1. The maximum atomic E-state index is 13.3. The minimum Gasteiger partial charge on any atom is -0.462 e. The van der Waals surface area contributed by atoms with E-state index in [1.165, 1.54) is 12.1 Å². The van der Waals surface area contributed by atoms with Gasteiger partial charge in [0.15, 0.2) is 0 Å². The molecule has 1 aliphatic rings. The van der Waals surface area contributed by atoms with Crippen molar-refractivity contribution in [2.45, 2.75) is 19.6 Å². The van der Waals surface area contributed by atoms with Gasteiger partial charge in [-0.1, -0.05) is 24.3 Å². The molecule has 0 aliphatic carbocycles. The average molecular weight is 405 g/mol. The van der Waals surface area contributed by atoms with E-state index in [1.54, 1.807) is 66.6 Å². The van der Waals surface area contributed by atoms with Gasteiger partial charge in [0, 0.05) is 12.7 Å². The molecule has 2 aromatic carbocycles. The van der Waals surface area contributed by atoms with E-state index in [0.29, 0.717) is 22.5 Å². The second-order valence-corrected chi connectivity index (χ2v) is 6.81. The number of nitrogens with zero attached hydrogens (tertiary/aromatic N) is 2. The molecule has 0 radical (unpaired) electrons. The second kappa shape index (κ2) is 8.32. The number of nitrogens with one attached hydrogen (secondary N) is 1. The third-order valence-electron chi connectivity index (χ3n) is 4.88. The molecule has 1 amide bonds. The van der Waals surface area contributed by atoms with Crippen molar-refractivity contribution in [3.8, 4) is 0 Å². The zero-order valence-corrected chi connectivity index (χ0v) is 16.3. The normalized spacial score (nSPS) is 15.1. The van der Waals surface area contributed by atoms with Crippen LogP contribution in [0.2, 0.25) is 0 Å². The Balaban J connectivity index is 1.69. The number of esters is 1. The number of rotatable bonds is 6. The number of hydrogen-bond acceptors (Lipinski definition) is 5. The van der Waals surface area contributed by atoms with Crippen LogP contribution in [-0.4, -0.2) is 28.4 Å². The highest BCUT2D eigenvalue weighted by molar-refractivity contribution is 6.00. The van der Waals surface area contributed by atoms with Gasteiger partial charge in [0.05, 0.1) is 29.1 Å². The quantitative estimate of drug-likeness (QED) is 0.624. The minimum atomic E-state index is -0.589. The molecular formula is C23H20FN3O3. The van der Waals surface area contributed by atoms with Gasteiger partial charge in [0.1, 0.15) is 12.0 Å². The first-order valence-corrected chi connectivity index (χ1v) is 9.61. The summed E-state index contributed by atoms with van der Waals surface area (Å²) in [4.78, 5) is 31.5. The topological polar surface area (TPSA) is 71.5 Å². The zero-order valence-electron chi connectivity index (χ0n) is 16.3. The Hall–Kier alpha value is -3.74. The standard InChI is InChI=1S/C23H20FN3O3/c1-2-30-23(29)17-6-3-4-8-19(17)26-21-20-18(7-5-13-25-20)22(28)27(21)14-15-9-11-16(24)12-10-15/h3-13,21,26H,2,14H2,1H3. The summed E-state index contributed by atoms with van der Waals surface area (Å²) in [5.74, 6) is -0.973. The lowest BCUT2D eigenvalue weighted by Crippen LogP contribution is -2.32. The van der Waals surface area contributed by atoms with Gasteiger partial charge in [-0.25, -0.2) is 9.18 Å². The molecule has 7 heteroatoms. The number of fused-ring (bicyclic) bond motifs is 1. The Morgan fingerprint density at radius 2 is 1.90 bits per heavy atom. The SMILES string of the molecule is CCOC(=O)c1ccccc1NC1c2ncccc2C(=O)N1Cc1ccc(F)cc1. The molecule has 0 saturated heterocycles. The van der Waals surface area contributed by atoms with Gasteiger partial charge >= 0.3 is 5.97 Å². The molecule has 0 bridgehead atoms. The minimum absolute atomic E-state index is 0.187. The van der Waals surface area contributed by atoms with Gasteiger partial charge in [-0.3, -0.25) is 9.78 Å². The first-order chi connectivity index (χ1) is 14.6. The highest BCUT2D eigenvalue weighted by Gasteiger charge is 2.38. The first kappa shape index (κ1) is 19.6. The van der Waals surface area contributed by atoms with Crippen LogP contribution in [0.15, 0.2) is 66.9 Å². The fourth-order valence-corrected chi connectivity index (χ4v) is 3.47. The van der Waals surface area contributed by atoms with Crippen LogP contribution in [-0.2, 0) is 11.3 Å². The number of pyridine rings is 1. The lowest BCUT2D eigenvalue weighted by molar-refractivity contribution is 0.0527. The van der Waals surface area contributed by atoms with Gasteiger partial charge in [-0.05, 0) is 48.9 Å². The Morgan fingerprint density at radius 3 is 2.67 bits per heavy atom. The molecule has 1 atom stereocenters. The number of carbonyl (C=O) groups excluding carboxylic acids is 2. The van der Waals surface area contributed by atoms with Crippen molar-refractivity contribution in [3.05, 3.63) is 95.1 Å². The van der Waals surface area contributed by atoms with E-state index in [4.69, 9.17) is 4.74 Å². The smallest absolute Gasteiger partial charge is 0.340 e. The molecule has 3 aromatic rings. The van der Waals surface area contributed by atoms with Crippen LogP contribution in [0.4, 0.5) is 10.1 Å². The largest absolute Gasteiger partial charge is 0.462 e. The number of aromatic nitrogens is 1. The molecule has 6 nitrogen and oxygen atoms in total. The van der Waals surface area contributed by atoms with Crippen LogP contribution in [0.1, 0.15) is 45.1 Å². The zero-order chi connectivity index (χ0) is 21.1. The summed E-state index contributed by atoms with van der Waals surface area (Å²) in [5, 5.41) is 3.28. The van der Waals surface area contributed by atoms with Crippen molar-refractivity contribution in [1.29, 1.82) is 0 Å². The molecule has 4 rings (SSSR count). The first-order valence-electron chi connectivity index (χ1n) is 9.61. The Kier molecular flexibility index (Phi) is 5.43. The van der Waals surface area contributed by atoms with E-state index in [9.17, 15) is 14.0 Å². The third kappa shape index (κ3) is 3.74. The summed E-state index contributed by atoms with van der Waals surface area (Å²) in [6.45, 7) is 2.26. The molecular weight excluding hydrogens is 385 g/mol. The van der Waals surface area contributed by atoms with Crippen LogP contribution in [0.5, 0.6) is 0 Å². The van der Waals surface area contributed by atoms with Crippen LogP contribution < -0.4 is 5.32 Å². The second-order valence-electron chi connectivity index (χ2n) is 6.81. The molecule has 0 fully saturated rings. The lowest BCUT2D eigenvalue weighted by Gasteiger charge is -2.27. The number of para-hydroxylation sites is 1. The van der Waals surface area contributed by atoms with Crippen LogP contribution in [0.3, 0.4) is 0 Å². The van der Waals surface area contributed by atoms with Crippen molar-refractivity contribution in [1.82, 2.24) is 9.88 Å². The van der Waals surface area contributed by atoms with Crippen LogP contribution in [0, 0.1) is 5.82 Å². The number of carbonyl (C=O) groups is 2. The summed E-state index contributed by atoms with van der Waals surface area (Å²) >= 11 is 0. The number of ether oxygens (including phenoxy) is 1. The molecule has 1 N–H and O–H groups in total. The Bertz CT molecular complexity index is 1090. The number of hydrogen-bond donors (Lipinski definition) is 1. The van der Waals surface area contributed by atoms with Gasteiger partial charge < -0.3 is 15.0 Å². The predicted octanol–water partition coefficient (Wildman–Crippen LogP) is 4.16. The van der Waals surface area contributed by atoms with Crippen molar-refractivity contribution < 1.29 is 18.7 Å². The van der Waals surface area contributed by atoms with E-state index >= 15 is 0 Å². The van der Waals surface area contributed by atoms with Crippen LogP contribution >= 0.6 is 0 Å². The summed E-state index contributed by atoms with van der Waals surface area (Å²) in [5.41, 5.74) is 2.76. The van der Waals surface area contributed by atoms with Gasteiger partial charge in [0.25, 0.3) is 5.91 Å². The van der Waals surface area contributed by atoms with E-state index in [1.807, 2.05) is 0 Å². The average Bonchev–Trinajstić information content (AvgIpc) is 3.02. The molecule has 0 saturated carbocycles. The number of anilines is 1. The monoisotopic (exact) mass is 405 g/mol. The molecule has 2 heterocycles. The summed E-state index contributed by atoms with van der Waals surface area (Å²) in [7, 11) is 0. The van der Waals surface area contributed by atoms with Crippen molar-refractivity contribution in [3.63, 3.8) is 0 Å². The van der Waals surface area contributed by atoms with Crippen molar-refractivity contribution >= 4 is 17.6 Å².